The zero-order valence-corrected chi connectivity index (χ0v) is 14.8. The summed E-state index contributed by atoms with van der Waals surface area (Å²) in [5, 5.41) is 3.43. The summed E-state index contributed by atoms with van der Waals surface area (Å²) in [4.78, 5) is 0. The van der Waals surface area contributed by atoms with Gasteiger partial charge >= 0.3 is 0 Å². The van der Waals surface area contributed by atoms with Crippen LogP contribution in [0.4, 0.5) is 5.69 Å². The molecule has 0 aromatic heterocycles. The molecular formula is C17H15Br2NO. The highest BCUT2D eigenvalue weighted by Crippen LogP contribution is 2.35. The first-order valence-corrected chi connectivity index (χ1v) is 8.04. The average molecular weight is 409 g/mol. The van der Waals surface area contributed by atoms with Gasteiger partial charge in [-0.2, -0.15) is 0 Å². The van der Waals surface area contributed by atoms with Crippen LogP contribution in [0.2, 0.25) is 0 Å². The van der Waals surface area contributed by atoms with E-state index < -0.39 is 0 Å². The second kappa shape index (κ2) is 7.53. The zero-order chi connectivity index (χ0) is 15.2. The molecule has 0 bridgehead atoms. The average Bonchev–Trinajstić information content (AvgIpc) is 2.46. The molecule has 0 radical (unpaired) electrons. The molecule has 0 fully saturated rings. The molecular weight excluding hydrogens is 394 g/mol. The maximum absolute atomic E-state index is 5.50. The van der Waals surface area contributed by atoms with Crippen molar-refractivity contribution in [3.63, 3.8) is 0 Å². The van der Waals surface area contributed by atoms with Crippen molar-refractivity contribution in [3.05, 3.63) is 56.5 Å². The molecule has 0 aliphatic carbocycles. The monoisotopic (exact) mass is 407 g/mol. The molecule has 2 rings (SSSR count). The van der Waals surface area contributed by atoms with Crippen LogP contribution in [0.5, 0.6) is 5.75 Å². The lowest BCUT2D eigenvalue weighted by molar-refractivity contribution is 0.365. The quantitative estimate of drug-likeness (QED) is 0.691. The lowest BCUT2D eigenvalue weighted by atomic mass is 10.1. The Hall–Kier alpha value is -1.44. The first kappa shape index (κ1) is 15.9. The molecule has 0 aliphatic heterocycles. The van der Waals surface area contributed by atoms with E-state index in [4.69, 9.17) is 11.2 Å². The molecule has 2 nitrogen and oxygen atoms in total. The van der Waals surface area contributed by atoms with E-state index in [9.17, 15) is 0 Å². The molecule has 1 N–H and O–H groups in total. The van der Waals surface area contributed by atoms with Crippen LogP contribution >= 0.6 is 31.9 Å². The fourth-order valence-electron chi connectivity index (χ4n) is 1.93. The van der Waals surface area contributed by atoms with Crippen molar-refractivity contribution < 1.29 is 4.74 Å². The largest absolute Gasteiger partial charge is 0.479 e. The van der Waals surface area contributed by atoms with Crippen LogP contribution in [0.25, 0.3) is 0 Å². The molecule has 2 aromatic rings. The van der Waals surface area contributed by atoms with Gasteiger partial charge in [0.1, 0.15) is 12.4 Å². The number of anilines is 1. The minimum atomic E-state index is 0.248. The van der Waals surface area contributed by atoms with Crippen molar-refractivity contribution in [2.45, 2.75) is 13.5 Å². The van der Waals surface area contributed by atoms with E-state index in [2.05, 4.69) is 62.2 Å². The predicted octanol–water partition coefficient (Wildman–Crippen LogP) is 5.14. The highest BCUT2D eigenvalue weighted by molar-refractivity contribution is 9.11. The molecule has 0 atom stereocenters. The summed E-state index contributed by atoms with van der Waals surface area (Å²) in [6, 6.07) is 12.3. The van der Waals surface area contributed by atoms with E-state index in [1.54, 1.807) is 0 Å². The molecule has 0 spiro atoms. The Morgan fingerprint density at radius 2 is 1.86 bits per heavy atom. The first-order chi connectivity index (χ1) is 10.1. The smallest absolute Gasteiger partial charge is 0.149 e. The minimum absolute atomic E-state index is 0.248. The van der Waals surface area contributed by atoms with Gasteiger partial charge < -0.3 is 10.1 Å². The van der Waals surface area contributed by atoms with E-state index in [0.29, 0.717) is 0 Å². The van der Waals surface area contributed by atoms with Crippen molar-refractivity contribution in [2.75, 3.05) is 11.9 Å². The number of halogens is 2. The Bertz CT molecular complexity index is 654. The third-order valence-corrected chi connectivity index (χ3v) is 4.16. The van der Waals surface area contributed by atoms with Crippen molar-refractivity contribution in [2.24, 2.45) is 0 Å². The number of rotatable bonds is 5. The van der Waals surface area contributed by atoms with Gasteiger partial charge in [-0.15, -0.1) is 6.42 Å². The van der Waals surface area contributed by atoms with E-state index in [-0.39, 0.29) is 6.61 Å². The van der Waals surface area contributed by atoms with E-state index in [1.165, 1.54) is 5.56 Å². The number of para-hydroxylation sites is 1. The third kappa shape index (κ3) is 4.26. The molecule has 21 heavy (non-hydrogen) atoms. The van der Waals surface area contributed by atoms with Crippen molar-refractivity contribution in [1.29, 1.82) is 0 Å². The standard InChI is InChI=1S/C17H15Br2NO/c1-3-8-21-17-14(18)9-13(10-15(17)19)11-20-16-7-5-4-6-12(16)2/h1,4-7,9-10,20H,8,11H2,2H3. The van der Waals surface area contributed by atoms with Gasteiger partial charge in [0.2, 0.25) is 0 Å². The van der Waals surface area contributed by atoms with Crippen molar-refractivity contribution >= 4 is 37.5 Å². The number of terminal acetylenes is 1. The number of benzene rings is 2. The number of nitrogens with one attached hydrogen (secondary N) is 1. The Morgan fingerprint density at radius 1 is 1.19 bits per heavy atom. The number of ether oxygens (including phenoxy) is 1. The summed E-state index contributed by atoms with van der Waals surface area (Å²) in [6.45, 7) is 3.07. The summed E-state index contributed by atoms with van der Waals surface area (Å²) >= 11 is 7.03. The highest BCUT2D eigenvalue weighted by atomic mass is 79.9. The second-order valence-electron chi connectivity index (χ2n) is 4.55. The Balaban J connectivity index is 2.12. The van der Waals surface area contributed by atoms with Gasteiger partial charge in [-0.05, 0) is 68.1 Å². The molecule has 0 heterocycles. The van der Waals surface area contributed by atoms with E-state index in [1.807, 2.05) is 24.3 Å². The summed E-state index contributed by atoms with van der Waals surface area (Å²) < 4.78 is 7.27. The molecule has 0 unspecified atom stereocenters. The summed E-state index contributed by atoms with van der Waals surface area (Å²) in [7, 11) is 0. The summed E-state index contributed by atoms with van der Waals surface area (Å²) in [5.74, 6) is 3.19. The molecule has 0 saturated heterocycles. The van der Waals surface area contributed by atoms with Gasteiger partial charge in [-0.1, -0.05) is 24.1 Å². The van der Waals surface area contributed by atoms with Crippen molar-refractivity contribution in [1.82, 2.24) is 0 Å². The van der Waals surface area contributed by atoms with Crippen LogP contribution in [0.3, 0.4) is 0 Å². The summed E-state index contributed by atoms with van der Waals surface area (Å²) in [5.41, 5.74) is 3.51. The van der Waals surface area contributed by atoms with Crippen LogP contribution in [0, 0.1) is 19.3 Å². The molecule has 0 amide bonds. The lowest BCUT2D eigenvalue weighted by Crippen LogP contribution is -2.02. The normalized spacial score (nSPS) is 10.0. The van der Waals surface area contributed by atoms with Gasteiger partial charge in [0.25, 0.3) is 0 Å². The Labute approximate surface area is 142 Å². The van der Waals surface area contributed by atoms with Gasteiger partial charge in [0, 0.05) is 12.2 Å². The number of aryl methyl sites for hydroxylation is 1. The molecule has 0 saturated carbocycles. The molecule has 0 aliphatic rings. The first-order valence-electron chi connectivity index (χ1n) is 6.45. The van der Waals surface area contributed by atoms with Gasteiger partial charge in [-0.25, -0.2) is 0 Å². The van der Waals surface area contributed by atoms with E-state index >= 15 is 0 Å². The summed E-state index contributed by atoms with van der Waals surface area (Å²) in [6.07, 6.45) is 5.22. The Kier molecular flexibility index (Phi) is 5.72. The maximum Gasteiger partial charge on any atom is 0.149 e. The van der Waals surface area contributed by atoms with Crippen LogP contribution in [-0.2, 0) is 6.54 Å². The fraction of sp³-hybridized carbons (Fsp3) is 0.176. The van der Waals surface area contributed by atoms with Crippen LogP contribution in [0.1, 0.15) is 11.1 Å². The van der Waals surface area contributed by atoms with Crippen LogP contribution < -0.4 is 10.1 Å². The lowest BCUT2D eigenvalue weighted by Gasteiger charge is -2.13. The molecule has 4 heteroatoms. The predicted molar refractivity (Wildman–Crippen MR) is 94.7 cm³/mol. The minimum Gasteiger partial charge on any atom is -0.479 e. The molecule has 108 valence electrons. The number of hydrogen-bond acceptors (Lipinski definition) is 2. The van der Waals surface area contributed by atoms with Crippen LogP contribution in [-0.4, -0.2) is 6.61 Å². The van der Waals surface area contributed by atoms with Gasteiger partial charge in [-0.3, -0.25) is 0 Å². The van der Waals surface area contributed by atoms with Crippen molar-refractivity contribution in [3.8, 4) is 18.1 Å². The van der Waals surface area contributed by atoms with Crippen LogP contribution in [0.15, 0.2) is 45.3 Å². The molecule has 2 aromatic carbocycles. The topological polar surface area (TPSA) is 21.3 Å². The third-order valence-electron chi connectivity index (χ3n) is 2.99. The number of hydrogen-bond donors (Lipinski definition) is 1. The maximum atomic E-state index is 5.50. The highest BCUT2D eigenvalue weighted by Gasteiger charge is 2.09. The second-order valence-corrected chi connectivity index (χ2v) is 6.26. The van der Waals surface area contributed by atoms with Gasteiger partial charge in [0.15, 0.2) is 0 Å². The Morgan fingerprint density at radius 3 is 2.48 bits per heavy atom. The fourth-order valence-corrected chi connectivity index (χ4v) is 3.44. The van der Waals surface area contributed by atoms with Gasteiger partial charge in [0.05, 0.1) is 8.95 Å². The SMILES string of the molecule is C#CCOc1c(Br)cc(CNc2ccccc2C)cc1Br. The zero-order valence-electron chi connectivity index (χ0n) is 11.6. The van der Waals surface area contributed by atoms with E-state index in [0.717, 1.165) is 32.5 Å².